The van der Waals surface area contributed by atoms with Gasteiger partial charge in [0.05, 0.1) is 17.1 Å². The van der Waals surface area contributed by atoms with Crippen molar-refractivity contribution in [1.29, 1.82) is 0 Å². The maximum absolute atomic E-state index is 12.3. The second-order valence-electron chi connectivity index (χ2n) is 5.26. The number of aliphatic hydroxyl groups excluding tert-OH is 1. The number of hydrogen-bond donors (Lipinski definition) is 2. The summed E-state index contributed by atoms with van der Waals surface area (Å²) < 4.78 is 5.23. The van der Waals surface area contributed by atoms with Crippen LogP contribution in [0.3, 0.4) is 0 Å². The lowest BCUT2D eigenvalue weighted by molar-refractivity contribution is -0.385. The number of benzene rings is 1. The summed E-state index contributed by atoms with van der Waals surface area (Å²) in [5.41, 5.74) is -0.0894. The molecule has 1 aliphatic heterocycles. The fourth-order valence-electron chi connectivity index (χ4n) is 2.35. The Bertz CT molecular complexity index is 552. The molecule has 1 aromatic rings. The van der Waals surface area contributed by atoms with Gasteiger partial charge in [0.15, 0.2) is 0 Å². The molecular formula is C14H18N2O5. The van der Waals surface area contributed by atoms with Gasteiger partial charge < -0.3 is 15.2 Å². The van der Waals surface area contributed by atoms with Crippen LogP contribution in [-0.2, 0) is 4.74 Å². The highest BCUT2D eigenvalue weighted by atomic mass is 16.6. The van der Waals surface area contributed by atoms with E-state index in [1.807, 2.05) is 0 Å². The molecule has 7 nitrogen and oxygen atoms in total. The van der Waals surface area contributed by atoms with Crippen LogP contribution in [0.25, 0.3) is 0 Å². The first-order valence-corrected chi connectivity index (χ1v) is 6.74. The third-order valence-electron chi connectivity index (χ3n) is 3.80. The van der Waals surface area contributed by atoms with Gasteiger partial charge in [0.1, 0.15) is 0 Å². The number of carbonyl (C=O) groups excluding carboxylic acids is 1. The van der Waals surface area contributed by atoms with Crippen LogP contribution < -0.4 is 5.32 Å². The Hall–Kier alpha value is -1.99. The molecule has 0 aromatic heterocycles. The van der Waals surface area contributed by atoms with Crippen LogP contribution in [0.2, 0.25) is 0 Å². The van der Waals surface area contributed by atoms with Crippen molar-refractivity contribution in [2.75, 3.05) is 19.8 Å². The summed E-state index contributed by atoms with van der Waals surface area (Å²) in [6.07, 6.45) is 1.03. The van der Waals surface area contributed by atoms with Crippen molar-refractivity contribution in [2.24, 2.45) is 0 Å². The zero-order chi connectivity index (χ0) is 15.5. The highest BCUT2D eigenvalue weighted by Gasteiger charge is 2.34. The third kappa shape index (κ3) is 3.37. The SMILES string of the molecule is Cc1ccc(C(=O)NC2(CO)CCOCC2)cc1[N+](=O)[O-]. The second kappa shape index (κ2) is 6.19. The van der Waals surface area contributed by atoms with Crippen molar-refractivity contribution in [3.05, 3.63) is 39.4 Å². The largest absolute Gasteiger partial charge is 0.394 e. The minimum atomic E-state index is -0.713. The molecule has 114 valence electrons. The molecule has 0 aliphatic carbocycles. The molecule has 0 saturated carbocycles. The van der Waals surface area contributed by atoms with Crippen molar-refractivity contribution >= 4 is 11.6 Å². The normalized spacial score (nSPS) is 17.2. The number of amides is 1. The summed E-state index contributed by atoms with van der Waals surface area (Å²) in [6, 6.07) is 4.35. The molecule has 0 radical (unpaired) electrons. The number of nitro benzene ring substituents is 1. The Morgan fingerprint density at radius 1 is 1.48 bits per heavy atom. The Labute approximate surface area is 122 Å². The smallest absolute Gasteiger partial charge is 0.273 e. The molecule has 0 bridgehead atoms. The lowest BCUT2D eigenvalue weighted by Crippen LogP contribution is -2.54. The monoisotopic (exact) mass is 294 g/mol. The van der Waals surface area contributed by atoms with Gasteiger partial charge in [0.25, 0.3) is 11.6 Å². The molecule has 2 rings (SSSR count). The Morgan fingerprint density at radius 3 is 2.71 bits per heavy atom. The van der Waals surface area contributed by atoms with Gasteiger partial charge in [-0.05, 0) is 25.8 Å². The highest BCUT2D eigenvalue weighted by molar-refractivity contribution is 5.95. The Morgan fingerprint density at radius 2 is 2.14 bits per heavy atom. The van der Waals surface area contributed by atoms with Crippen LogP contribution in [0.5, 0.6) is 0 Å². The highest BCUT2D eigenvalue weighted by Crippen LogP contribution is 2.23. The van der Waals surface area contributed by atoms with Crippen LogP contribution in [0.15, 0.2) is 18.2 Å². The molecule has 1 heterocycles. The van der Waals surface area contributed by atoms with Gasteiger partial charge in [-0.3, -0.25) is 14.9 Å². The summed E-state index contributed by atoms with van der Waals surface area (Å²) in [7, 11) is 0. The van der Waals surface area contributed by atoms with Crippen molar-refractivity contribution in [2.45, 2.75) is 25.3 Å². The molecule has 1 saturated heterocycles. The van der Waals surface area contributed by atoms with Crippen molar-refractivity contribution in [3.63, 3.8) is 0 Å². The Kier molecular flexibility index (Phi) is 4.54. The van der Waals surface area contributed by atoms with E-state index < -0.39 is 16.4 Å². The van der Waals surface area contributed by atoms with Crippen molar-refractivity contribution in [3.8, 4) is 0 Å². The summed E-state index contributed by atoms with van der Waals surface area (Å²) in [6.45, 7) is 2.37. The fraction of sp³-hybridized carbons (Fsp3) is 0.500. The van der Waals surface area contributed by atoms with Crippen molar-refractivity contribution < 1.29 is 19.6 Å². The van der Waals surface area contributed by atoms with Crippen LogP contribution in [0.4, 0.5) is 5.69 Å². The number of nitro groups is 1. The zero-order valence-corrected chi connectivity index (χ0v) is 11.8. The van der Waals surface area contributed by atoms with E-state index in [0.717, 1.165) is 0 Å². The van der Waals surface area contributed by atoms with Gasteiger partial charge in [-0.25, -0.2) is 0 Å². The molecule has 1 aliphatic rings. The summed E-state index contributed by atoms with van der Waals surface area (Å²) >= 11 is 0. The first-order chi connectivity index (χ1) is 9.97. The van der Waals surface area contributed by atoms with Gasteiger partial charge in [0, 0.05) is 30.4 Å². The molecule has 0 atom stereocenters. The maximum atomic E-state index is 12.3. The zero-order valence-electron chi connectivity index (χ0n) is 11.8. The van der Waals surface area contributed by atoms with Gasteiger partial charge >= 0.3 is 0 Å². The molecule has 1 amide bonds. The molecule has 7 heteroatoms. The summed E-state index contributed by atoms with van der Waals surface area (Å²) in [4.78, 5) is 22.7. The van der Waals surface area contributed by atoms with E-state index in [9.17, 15) is 20.0 Å². The van der Waals surface area contributed by atoms with E-state index >= 15 is 0 Å². The average Bonchev–Trinajstić information content (AvgIpc) is 2.48. The van der Waals surface area contributed by atoms with E-state index in [0.29, 0.717) is 31.6 Å². The van der Waals surface area contributed by atoms with E-state index in [2.05, 4.69) is 5.32 Å². The van der Waals surface area contributed by atoms with Crippen molar-refractivity contribution in [1.82, 2.24) is 5.32 Å². The lowest BCUT2D eigenvalue weighted by Gasteiger charge is -2.36. The summed E-state index contributed by atoms with van der Waals surface area (Å²) in [5, 5.41) is 23.3. The van der Waals surface area contributed by atoms with Gasteiger partial charge in [0.2, 0.25) is 0 Å². The molecule has 0 spiro atoms. The van der Waals surface area contributed by atoms with Crippen LogP contribution in [0.1, 0.15) is 28.8 Å². The number of aliphatic hydroxyl groups is 1. The van der Waals surface area contributed by atoms with E-state index in [1.54, 1.807) is 19.1 Å². The molecule has 0 unspecified atom stereocenters. The predicted octanol–water partition coefficient (Wildman–Crippen LogP) is 1.17. The van der Waals surface area contributed by atoms with Gasteiger partial charge in [-0.2, -0.15) is 0 Å². The minimum Gasteiger partial charge on any atom is -0.394 e. The number of aryl methyl sites for hydroxylation is 1. The molecular weight excluding hydrogens is 276 g/mol. The summed E-state index contributed by atoms with van der Waals surface area (Å²) in [5.74, 6) is -0.422. The number of nitrogens with zero attached hydrogens (tertiary/aromatic N) is 1. The third-order valence-corrected chi connectivity index (χ3v) is 3.80. The number of ether oxygens (including phenoxy) is 1. The number of hydrogen-bond acceptors (Lipinski definition) is 5. The lowest BCUT2D eigenvalue weighted by atomic mass is 9.90. The maximum Gasteiger partial charge on any atom is 0.273 e. The fourth-order valence-corrected chi connectivity index (χ4v) is 2.35. The topological polar surface area (TPSA) is 102 Å². The first-order valence-electron chi connectivity index (χ1n) is 6.74. The quantitative estimate of drug-likeness (QED) is 0.641. The number of rotatable bonds is 4. The van der Waals surface area contributed by atoms with Gasteiger partial charge in [-0.15, -0.1) is 0 Å². The van der Waals surface area contributed by atoms with Crippen LogP contribution >= 0.6 is 0 Å². The molecule has 1 fully saturated rings. The van der Waals surface area contributed by atoms with E-state index in [4.69, 9.17) is 4.74 Å². The van der Waals surface area contributed by atoms with Crippen LogP contribution in [-0.4, -0.2) is 41.3 Å². The van der Waals surface area contributed by atoms with Gasteiger partial charge in [-0.1, -0.05) is 6.07 Å². The predicted molar refractivity (Wildman–Crippen MR) is 75.2 cm³/mol. The van der Waals surface area contributed by atoms with Crippen LogP contribution in [0, 0.1) is 17.0 Å². The second-order valence-corrected chi connectivity index (χ2v) is 5.26. The number of carbonyl (C=O) groups is 1. The average molecular weight is 294 g/mol. The number of nitrogens with one attached hydrogen (secondary N) is 1. The van der Waals surface area contributed by atoms with E-state index in [-0.39, 0.29) is 17.9 Å². The molecule has 1 aromatic carbocycles. The van der Waals surface area contributed by atoms with E-state index in [1.165, 1.54) is 6.07 Å². The minimum absolute atomic E-state index is 0.0901. The Balaban J connectivity index is 2.20. The standard InChI is InChI=1S/C14H18N2O5/c1-10-2-3-11(8-12(10)16(19)20)13(18)15-14(9-17)4-6-21-7-5-14/h2-3,8,17H,4-7,9H2,1H3,(H,15,18). The first kappa shape index (κ1) is 15.4. The molecule has 2 N–H and O–H groups in total. The molecule has 21 heavy (non-hydrogen) atoms.